The molecule has 0 heterocycles. The van der Waals surface area contributed by atoms with Crippen molar-refractivity contribution >= 4 is 110 Å². The minimum absolute atomic E-state index is 1.12. The van der Waals surface area contributed by atoms with E-state index in [0.29, 0.717) is 0 Å². The number of hydrogen-bond acceptors (Lipinski definition) is 2. The van der Waals surface area contributed by atoms with Gasteiger partial charge in [0.2, 0.25) is 0 Å². The monoisotopic (exact) mass is 838 g/mol. The van der Waals surface area contributed by atoms with Gasteiger partial charge in [0.15, 0.2) is 0 Å². The minimum atomic E-state index is 1.12. The Hall–Kier alpha value is -8.72. The van der Waals surface area contributed by atoms with E-state index in [0.717, 1.165) is 34.1 Å². The van der Waals surface area contributed by atoms with Gasteiger partial charge in [-0.1, -0.05) is 164 Å². The number of benzene rings is 13. The molecule has 0 aliphatic carbocycles. The van der Waals surface area contributed by atoms with Gasteiger partial charge in [-0.2, -0.15) is 0 Å². The standard InChI is InChI=1S/C64H42N2/c1-5-17-43(18-6-1)46-30-34-55-58(38-46)64-42-62-56-36-33-52(66(49-25-11-4-12-26-49)50-31-29-44-19-13-14-20-45(44)37-50)40-59(56)53-27-15-16-28-54(53)61(62)41-63(64)57-35-32-51(39-60(55)57)65(47-21-7-2-8-22-47)48-23-9-3-10-24-48/h1-42H. The van der Waals surface area contributed by atoms with Crippen molar-refractivity contribution in [3.05, 3.63) is 255 Å². The third-order valence-electron chi connectivity index (χ3n) is 13.5. The highest BCUT2D eigenvalue weighted by atomic mass is 15.1. The molecule has 66 heavy (non-hydrogen) atoms. The van der Waals surface area contributed by atoms with Gasteiger partial charge in [0.05, 0.1) is 0 Å². The lowest BCUT2D eigenvalue weighted by Gasteiger charge is -2.26. The van der Waals surface area contributed by atoms with Crippen LogP contribution < -0.4 is 9.80 Å². The van der Waals surface area contributed by atoms with Gasteiger partial charge in [0.1, 0.15) is 0 Å². The van der Waals surface area contributed by atoms with Gasteiger partial charge < -0.3 is 9.80 Å². The SMILES string of the molecule is c1ccc(-c2ccc3c(c2)c2cc4c5ccc(N(c6ccccc6)c6ccc7ccccc7c6)cc5c5ccccc5c4cc2c2ccc(N(c4ccccc4)c4ccccc4)cc32)cc1. The Balaban J connectivity index is 1.09. The summed E-state index contributed by atoms with van der Waals surface area (Å²) in [5.41, 5.74) is 9.14. The normalized spacial score (nSPS) is 11.6. The number of hydrogen-bond donors (Lipinski definition) is 0. The van der Waals surface area contributed by atoms with Crippen molar-refractivity contribution in [2.75, 3.05) is 9.80 Å². The topological polar surface area (TPSA) is 6.48 Å². The summed E-state index contributed by atoms with van der Waals surface area (Å²) in [7, 11) is 0. The molecule has 13 aromatic rings. The molecule has 0 radical (unpaired) electrons. The van der Waals surface area contributed by atoms with Gasteiger partial charge in [0, 0.05) is 34.1 Å². The molecule has 0 saturated heterocycles. The van der Waals surface area contributed by atoms with Crippen LogP contribution in [0.15, 0.2) is 255 Å². The van der Waals surface area contributed by atoms with E-state index in [4.69, 9.17) is 0 Å². The van der Waals surface area contributed by atoms with Crippen molar-refractivity contribution in [3.8, 4) is 11.1 Å². The molecule has 0 aliphatic heterocycles. The summed E-state index contributed by atoms with van der Waals surface area (Å²) >= 11 is 0. The van der Waals surface area contributed by atoms with E-state index in [-0.39, 0.29) is 0 Å². The number of fused-ring (bicyclic) bond motifs is 13. The first-order valence-corrected chi connectivity index (χ1v) is 22.7. The Morgan fingerprint density at radius 2 is 0.515 bits per heavy atom. The second-order valence-corrected chi connectivity index (χ2v) is 17.3. The Morgan fingerprint density at radius 3 is 1.05 bits per heavy atom. The van der Waals surface area contributed by atoms with Crippen LogP contribution in [0.3, 0.4) is 0 Å². The lowest BCUT2D eigenvalue weighted by atomic mass is 9.87. The van der Waals surface area contributed by atoms with Crippen molar-refractivity contribution in [1.29, 1.82) is 0 Å². The summed E-state index contributed by atoms with van der Waals surface area (Å²) in [5, 5.41) is 17.4. The van der Waals surface area contributed by atoms with Crippen LogP contribution in [0.5, 0.6) is 0 Å². The molecule has 0 aromatic heterocycles. The average molecular weight is 839 g/mol. The minimum Gasteiger partial charge on any atom is -0.310 e. The summed E-state index contributed by atoms with van der Waals surface area (Å²) in [6.07, 6.45) is 0. The molecular formula is C64H42N2. The predicted molar refractivity (Wildman–Crippen MR) is 284 cm³/mol. The molecule has 0 fully saturated rings. The molecule has 0 atom stereocenters. The Bertz CT molecular complexity index is 3940. The smallest absolute Gasteiger partial charge is 0.0468 e. The van der Waals surface area contributed by atoms with Gasteiger partial charge in [-0.25, -0.2) is 0 Å². The molecule has 0 unspecified atom stereocenters. The molecule has 13 aromatic carbocycles. The maximum Gasteiger partial charge on any atom is 0.0468 e. The first kappa shape index (κ1) is 37.8. The van der Waals surface area contributed by atoms with E-state index in [2.05, 4.69) is 265 Å². The first-order valence-electron chi connectivity index (χ1n) is 22.7. The van der Waals surface area contributed by atoms with E-state index in [1.54, 1.807) is 0 Å². The number of rotatable bonds is 7. The maximum absolute atomic E-state index is 2.49. The van der Waals surface area contributed by atoms with Crippen LogP contribution in [0.4, 0.5) is 34.1 Å². The van der Waals surface area contributed by atoms with Crippen molar-refractivity contribution in [2.45, 2.75) is 0 Å². The highest BCUT2D eigenvalue weighted by molar-refractivity contribution is 6.33. The molecule has 0 aliphatic rings. The van der Waals surface area contributed by atoms with Crippen LogP contribution in [0.1, 0.15) is 0 Å². The fraction of sp³-hybridized carbons (Fsp3) is 0. The second-order valence-electron chi connectivity index (χ2n) is 17.3. The Labute approximate surface area is 383 Å². The Morgan fingerprint density at radius 1 is 0.167 bits per heavy atom. The van der Waals surface area contributed by atoms with E-state index < -0.39 is 0 Å². The third-order valence-corrected chi connectivity index (χ3v) is 13.5. The summed E-state index contributed by atoms with van der Waals surface area (Å²) < 4.78 is 0. The summed E-state index contributed by atoms with van der Waals surface area (Å²) in [6.45, 7) is 0. The van der Waals surface area contributed by atoms with Crippen LogP contribution in [-0.4, -0.2) is 0 Å². The van der Waals surface area contributed by atoms with Gasteiger partial charge in [0.25, 0.3) is 0 Å². The molecule has 0 N–H and O–H groups in total. The quantitative estimate of drug-likeness (QED) is 0.117. The van der Waals surface area contributed by atoms with Crippen LogP contribution in [-0.2, 0) is 0 Å². The maximum atomic E-state index is 2.49. The fourth-order valence-corrected chi connectivity index (χ4v) is 10.5. The lowest BCUT2D eigenvalue weighted by molar-refractivity contribution is 1.29. The zero-order valence-corrected chi connectivity index (χ0v) is 36.1. The predicted octanol–water partition coefficient (Wildman–Crippen LogP) is 18.4. The van der Waals surface area contributed by atoms with Crippen molar-refractivity contribution < 1.29 is 0 Å². The summed E-state index contributed by atoms with van der Waals surface area (Å²) in [4.78, 5) is 4.75. The van der Waals surface area contributed by atoms with Gasteiger partial charge >= 0.3 is 0 Å². The molecule has 308 valence electrons. The van der Waals surface area contributed by atoms with E-state index >= 15 is 0 Å². The average Bonchev–Trinajstić information content (AvgIpc) is 3.39. The molecular weight excluding hydrogens is 797 g/mol. The van der Waals surface area contributed by atoms with Crippen molar-refractivity contribution in [3.63, 3.8) is 0 Å². The van der Waals surface area contributed by atoms with Crippen molar-refractivity contribution in [1.82, 2.24) is 0 Å². The number of anilines is 6. The summed E-state index contributed by atoms with van der Waals surface area (Å²) in [5.74, 6) is 0. The van der Waals surface area contributed by atoms with E-state index in [9.17, 15) is 0 Å². The molecule has 0 bridgehead atoms. The molecule has 0 spiro atoms. The molecule has 0 amide bonds. The summed E-state index contributed by atoms with van der Waals surface area (Å²) in [6, 6.07) is 93.4. The molecule has 2 heteroatoms. The zero-order valence-electron chi connectivity index (χ0n) is 36.1. The van der Waals surface area contributed by atoms with Gasteiger partial charge in [-0.05, 0) is 178 Å². The fourth-order valence-electron chi connectivity index (χ4n) is 10.5. The number of nitrogens with zero attached hydrogens (tertiary/aromatic N) is 2. The van der Waals surface area contributed by atoms with Crippen LogP contribution in [0.25, 0.3) is 86.5 Å². The Kier molecular flexibility index (Phi) is 8.89. The molecule has 13 rings (SSSR count). The highest BCUT2D eigenvalue weighted by Gasteiger charge is 2.20. The van der Waals surface area contributed by atoms with E-state index in [1.165, 1.54) is 86.5 Å². The largest absolute Gasteiger partial charge is 0.310 e. The van der Waals surface area contributed by atoms with E-state index in [1.807, 2.05) is 0 Å². The zero-order chi connectivity index (χ0) is 43.6. The van der Waals surface area contributed by atoms with Crippen LogP contribution in [0, 0.1) is 0 Å². The molecule has 0 saturated carbocycles. The first-order chi connectivity index (χ1) is 32.7. The second kappa shape index (κ2) is 15.5. The molecule has 2 nitrogen and oxygen atoms in total. The van der Waals surface area contributed by atoms with Gasteiger partial charge in [-0.3, -0.25) is 0 Å². The van der Waals surface area contributed by atoms with Gasteiger partial charge in [-0.15, -0.1) is 0 Å². The van der Waals surface area contributed by atoms with Crippen LogP contribution >= 0.6 is 0 Å². The highest BCUT2D eigenvalue weighted by Crippen LogP contribution is 2.46. The number of para-hydroxylation sites is 3. The van der Waals surface area contributed by atoms with Crippen molar-refractivity contribution in [2.24, 2.45) is 0 Å². The third kappa shape index (κ3) is 6.26. The van der Waals surface area contributed by atoms with Crippen LogP contribution in [0.2, 0.25) is 0 Å². The lowest BCUT2D eigenvalue weighted by Crippen LogP contribution is -2.09.